The van der Waals surface area contributed by atoms with Gasteiger partial charge in [0.05, 0.1) is 22.9 Å². The zero-order chi connectivity index (χ0) is 12.1. The van der Waals surface area contributed by atoms with E-state index in [1.807, 2.05) is 6.92 Å². The molecule has 6 heteroatoms. The van der Waals surface area contributed by atoms with Crippen molar-refractivity contribution in [3.05, 3.63) is 17.3 Å². The zero-order valence-corrected chi connectivity index (χ0v) is 9.91. The molecule has 0 radical (unpaired) electrons. The van der Waals surface area contributed by atoms with Gasteiger partial charge < -0.3 is 15.8 Å². The lowest BCUT2D eigenvalue weighted by Crippen LogP contribution is -2.35. The molecule has 16 heavy (non-hydrogen) atoms. The lowest BCUT2D eigenvalue weighted by atomic mass is 10.3. The summed E-state index contributed by atoms with van der Waals surface area (Å²) in [6, 6.07) is 1.45. The normalized spacial score (nSPS) is 11.9. The monoisotopic (exact) mass is 243 g/mol. The van der Waals surface area contributed by atoms with Crippen LogP contribution in [-0.4, -0.2) is 23.5 Å². The second-order valence-electron chi connectivity index (χ2n) is 3.46. The average molecular weight is 244 g/mol. The quantitative estimate of drug-likeness (QED) is 0.834. The number of hydrogen-bond donors (Lipinski definition) is 2. The van der Waals surface area contributed by atoms with Gasteiger partial charge in [0.25, 0.3) is 0 Å². The number of carbonyl (C=O) groups is 1. The second kappa shape index (κ2) is 5.55. The Kier molecular flexibility index (Phi) is 4.37. The van der Waals surface area contributed by atoms with Crippen molar-refractivity contribution in [1.82, 2.24) is 10.3 Å². The summed E-state index contributed by atoms with van der Waals surface area (Å²) in [5, 5.41) is 3.09. The largest absolute Gasteiger partial charge is 0.475 e. The van der Waals surface area contributed by atoms with Gasteiger partial charge >= 0.3 is 0 Å². The molecule has 1 aromatic heterocycles. The van der Waals surface area contributed by atoms with E-state index in [1.165, 1.54) is 19.2 Å². The summed E-state index contributed by atoms with van der Waals surface area (Å²) >= 11 is 5.80. The number of carbonyl (C=O) groups excluding carboxylic acids is 1. The van der Waals surface area contributed by atoms with Gasteiger partial charge in [0.2, 0.25) is 11.8 Å². The molecule has 0 saturated heterocycles. The minimum atomic E-state index is -0.0978. The molecule has 0 fully saturated rings. The van der Waals surface area contributed by atoms with Gasteiger partial charge in [0.15, 0.2) is 0 Å². The molecule has 1 aromatic rings. The number of halogens is 1. The molecule has 1 heterocycles. The van der Waals surface area contributed by atoms with E-state index in [-0.39, 0.29) is 11.9 Å². The van der Waals surface area contributed by atoms with Crippen molar-refractivity contribution in [3.8, 4) is 5.88 Å². The number of hydrogen-bond acceptors (Lipinski definition) is 4. The van der Waals surface area contributed by atoms with Crippen LogP contribution in [0.5, 0.6) is 5.88 Å². The van der Waals surface area contributed by atoms with E-state index >= 15 is 0 Å². The lowest BCUT2D eigenvalue weighted by Gasteiger charge is -2.13. The standard InChI is InChI=1S/C10H14ClN3O2/c1-6(14-7(2)15)5-16-10-3-8(11)9(12)4-13-10/h3-4,6H,5,12H2,1-2H3,(H,14,15)/t6-/m0/s1. The van der Waals surface area contributed by atoms with Crippen molar-refractivity contribution >= 4 is 23.2 Å². The summed E-state index contributed by atoms with van der Waals surface area (Å²) in [6.07, 6.45) is 1.43. The fourth-order valence-electron chi connectivity index (χ4n) is 1.10. The average Bonchev–Trinajstić information content (AvgIpc) is 2.19. The van der Waals surface area contributed by atoms with Gasteiger partial charge in [0, 0.05) is 13.0 Å². The number of nitrogen functional groups attached to an aromatic ring is 1. The van der Waals surface area contributed by atoms with Crippen LogP contribution in [0.15, 0.2) is 12.3 Å². The van der Waals surface area contributed by atoms with E-state index in [4.69, 9.17) is 22.1 Å². The Balaban J connectivity index is 2.48. The van der Waals surface area contributed by atoms with Crippen LogP contribution >= 0.6 is 11.6 Å². The third-order valence-corrected chi connectivity index (χ3v) is 2.12. The van der Waals surface area contributed by atoms with Crippen molar-refractivity contribution in [3.63, 3.8) is 0 Å². The van der Waals surface area contributed by atoms with Crippen LogP contribution in [0.25, 0.3) is 0 Å². The first-order valence-corrected chi connectivity index (χ1v) is 5.17. The highest BCUT2D eigenvalue weighted by molar-refractivity contribution is 6.33. The van der Waals surface area contributed by atoms with Crippen LogP contribution in [0.3, 0.4) is 0 Å². The number of nitrogens with two attached hydrogens (primary N) is 1. The van der Waals surface area contributed by atoms with Crippen molar-refractivity contribution < 1.29 is 9.53 Å². The van der Waals surface area contributed by atoms with Crippen LogP contribution in [0.4, 0.5) is 5.69 Å². The van der Waals surface area contributed by atoms with Gasteiger partial charge in [-0.25, -0.2) is 4.98 Å². The summed E-state index contributed by atoms with van der Waals surface area (Å²) in [5.41, 5.74) is 5.91. The number of pyridine rings is 1. The predicted octanol–water partition coefficient (Wildman–Crippen LogP) is 1.22. The van der Waals surface area contributed by atoms with Crippen LogP contribution in [0.2, 0.25) is 5.02 Å². The van der Waals surface area contributed by atoms with Gasteiger partial charge in [-0.05, 0) is 6.92 Å². The number of ether oxygens (including phenoxy) is 1. The molecule has 3 N–H and O–H groups in total. The Morgan fingerprint density at radius 2 is 2.44 bits per heavy atom. The molecule has 0 bridgehead atoms. The first-order valence-electron chi connectivity index (χ1n) is 4.80. The third-order valence-electron chi connectivity index (χ3n) is 1.79. The molecule has 0 aliphatic heterocycles. The van der Waals surface area contributed by atoms with Gasteiger partial charge in [-0.2, -0.15) is 0 Å². The molecular weight excluding hydrogens is 230 g/mol. The van der Waals surface area contributed by atoms with Crippen molar-refractivity contribution in [2.45, 2.75) is 19.9 Å². The first-order chi connectivity index (χ1) is 7.49. The Morgan fingerprint density at radius 3 is 3.00 bits per heavy atom. The molecule has 0 aliphatic carbocycles. The van der Waals surface area contributed by atoms with Crippen molar-refractivity contribution in [2.24, 2.45) is 0 Å². The third kappa shape index (κ3) is 3.94. The highest BCUT2D eigenvalue weighted by Gasteiger charge is 2.06. The number of nitrogens with one attached hydrogen (secondary N) is 1. The molecule has 0 saturated carbocycles. The minimum Gasteiger partial charge on any atom is -0.475 e. The molecule has 1 amide bonds. The van der Waals surface area contributed by atoms with Gasteiger partial charge in [-0.3, -0.25) is 4.79 Å². The van der Waals surface area contributed by atoms with E-state index in [0.717, 1.165) is 0 Å². The van der Waals surface area contributed by atoms with E-state index in [9.17, 15) is 4.79 Å². The fraction of sp³-hybridized carbons (Fsp3) is 0.400. The Morgan fingerprint density at radius 1 is 1.75 bits per heavy atom. The Labute approximate surface area is 98.9 Å². The predicted molar refractivity (Wildman–Crippen MR) is 62.4 cm³/mol. The van der Waals surface area contributed by atoms with E-state index in [1.54, 1.807) is 0 Å². The van der Waals surface area contributed by atoms with Crippen LogP contribution in [-0.2, 0) is 4.79 Å². The van der Waals surface area contributed by atoms with E-state index in [2.05, 4.69) is 10.3 Å². The first kappa shape index (κ1) is 12.6. The number of nitrogens with zero attached hydrogens (tertiary/aromatic N) is 1. The van der Waals surface area contributed by atoms with Gasteiger partial charge in [0.1, 0.15) is 6.61 Å². The smallest absolute Gasteiger partial charge is 0.217 e. The molecule has 1 atom stereocenters. The highest BCUT2D eigenvalue weighted by atomic mass is 35.5. The molecule has 1 rings (SSSR count). The SMILES string of the molecule is CC(=O)N[C@@H](C)COc1cc(Cl)c(N)cn1. The van der Waals surface area contributed by atoms with E-state index < -0.39 is 0 Å². The topological polar surface area (TPSA) is 77.2 Å². The summed E-state index contributed by atoms with van der Waals surface area (Å²) in [6.45, 7) is 3.61. The fourth-order valence-corrected chi connectivity index (χ4v) is 1.24. The molecule has 0 unspecified atom stereocenters. The number of rotatable bonds is 4. The summed E-state index contributed by atoms with van der Waals surface area (Å²) in [5.74, 6) is 0.288. The minimum absolute atomic E-state index is 0.0874. The molecule has 0 spiro atoms. The van der Waals surface area contributed by atoms with Gasteiger partial charge in [-0.1, -0.05) is 11.6 Å². The maximum Gasteiger partial charge on any atom is 0.217 e. The van der Waals surface area contributed by atoms with Gasteiger partial charge in [-0.15, -0.1) is 0 Å². The summed E-state index contributed by atoms with van der Waals surface area (Å²) in [7, 11) is 0. The number of aromatic nitrogens is 1. The second-order valence-corrected chi connectivity index (χ2v) is 3.86. The lowest BCUT2D eigenvalue weighted by molar-refractivity contribution is -0.119. The van der Waals surface area contributed by atoms with Crippen LogP contribution in [0, 0.1) is 0 Å². The maximum absolute atomic E-state index is 10.7. The number of amides is 1. The Hall–Kier alpha value is -1.49. The molecule has 88 valence electrons. The summed E-state index contributed by atoms with van der Waals surface area (Å²) in [4.78, 5) is 14.7. The number of anilines is 1. The van der Waals surface area contributed by atoms with Crippen LogP contribution < -0.4 is 15.8 Å². The van der Waals surface area contributed by atoms with Crippen molar-refractivity contribution in [2.75, 3.05) is 12.3 Å². The van der Waals surface area contributed by atoms with Crippen molar-refractivity contribution in [1.29, 1.82) is 0 Å². The maximum atomic E-state index is 10.7. The zero-order valence-electron chi connectivity index (χ0n) is 9.16. The highest BCUT2D eigenvalue weighted by Crippen LogP contribution is 2.21. The Bertz CT molecular complexity index is 384. The molecule has 0 aliphatic rings. The molecule has 0 aromatic carbocycles. The van der Waals surface area contributed by atoms with Crippen LogP contribution in [0.1, 0.15) is 13.8 Å². The molecular formula is C10H14ClN3O2. The summed E-state index contributed by atoms with van der Waals surface area (Å²) < 4.78 is 5.34. The van der Waals surface area contributed by atoms with E-state index in [0.29, 0.717) is 23.2 Å². The molecule has 5 nitrogen and oxygen atoms in total.